The number of hydrogen-bond acceptors (Lipinski definition) is 5. The predicted molar refractivity (Wildman–Crippen MR) is 71.5 cm³/mol. The molecule has 0 radical (unpaired) electrons. The molecule has 0 atom stereocenters. The van der Waals surface area contributed by atoms with Gasteiger partial charge in [-0.05, 0) is 39.7 Å². The molecular formula is C10H22N2O4S2. The Morgan fingerprint density at radius 1 is 1.28 bits per heavy atom. The van der Waals surface area contributed by atoms with Crippen LogP contribution < -0.4 is 10.5 Å². The summed E-state index contributed by atoms with van der Waals surface area (Å²) >= 11 is 0. The Balaban J connectivity index is 2.71. The van der Waals surface area contributed by atoms with Gasteiger partial charge >= 0.3 is 0 Å². The zero-order valence-corrected chi connectivity index (χ0v) is 12.5. The highest BCUT2D eigenvalue weighted by molar-refractivity contribution is 7.92. The first-order valence-corrected chi connectivity index (χ1v) is 9.38. The van der Waals surface area contributed by atoms with Crippen molar-refractivity contribution in [3.8, 4) is 0 Å². The normalized spacial score (nSPS) is 21.9. The van der Waals surface area contributed by atoms with Crippen molar-refractivity contribution < 1.29 is 16.8 Å². The maximum Gasteiger partial charge on any atom is 0.215 e. The van der Waals surface area contributed by atoms with Crippen LogP contribution >= 0.6 is 0 Å². The van der Waals surface area contributed by atoms with Crippen LogP contribution in [0.25, 0.3) is 0 Å². The standard InChI is InChI=1S/C10H22N2O4S2/c1-10(2,5-6-11)12-18(15,16)9-3-7-17(13,14)8-4-9/h9,12H,3-8,11H2,1-2H3. The van der Waals surface area contributed by atoms with Crippen LogP contribution in [-0.2, 0) is 19.9 Å². The number of nitrogens with two attached hydrogens (primary N) is 1. The molecule has 0 aromatic carbocycles. The minimum absolute atomic E-state index is 0.0457. The molecule has 8 heteroatoms. The predicted octanol–water partition coefficient (Wildman–Crippen LogP) is -0.390. The van der Waals surface area contributed by atoms with Gasteiger partial charge in [0.2, 0.25) is 10.0 Å². The van der Waals surface area contributed by atoms with Crippen LogP contribution in [0.15, 0.2) is 0 Å². The molecule has 1 saturated heterocycles. The van der Waals surface area contributed by atoms with Crippen LogP contribution in [0.2, 0.25) is 0 Å². The maximum atomic E-state index is 12.1. The van der Waals surface area contributed by atoms with E-state index in [-0.39, 0.29) is 24.3 Å². The smallest absolute Gasteiger partial charge is 0.215 e. The zero-order chi connectivity index (χ0) is 14.0. The number of nitrogens with one attached hydrogen (secondary N) is 1. The molecular weight excluding hydrogens is 276 g/mol. The summed E-state index contributed by atoms with van der Waals surface area (Å²) in [7, 11) is -6.53. The first-order chi connectivity index (χ1) is 8.08. The largest absolute Gasteiger partial charge is 0.330 e. The van der Waals surface area contributed by atoms with Gasteiger partial charge in [0, 0.05) is 5.54 Å². The van der Waals surface area contributed by atoms with Gasteiger partial charge in [-0.25, -0.2) is 21.6 Å². The molecule has 0 aromatic rings. The summed E-state index contributed by atoms with van der Waals surface area (Å²) in [6.45, 7) is 3.95. The Kier molecular flexibility index (Phi) is 4.80. The van der Waals surface area contributed by atoms with E-state index in [9.17, 15) is 16.8 Å². The lowest BCUT2D eigenvalue weighted by Gasteiger charge is -2.30. The highest BCUT2D eigenvalue weighted by Gasteiger charge is 2.35. The highest BCUT2D eigenvalue weighted by Crippen LogP contribution is 2.21. The topological polar surface area (TPSA) is 106 Å². The maximum absolute atomic E-state index is 12.1. The van der Waals surface area contributed by atoms with Crippen molar-refractivity contribution in [1.29, 1.82) is 0 Å². The van der Waals surface area contributed by atoms with Crippen molar-refractivity contribution in [3.05, 3.63) is 0 Å². The minimum atomic E-state index is -3.48. The van der Waals surface area contributed by atoms with E-state index in [1.54, 1.807) is 13.8 Å². The molecule has 0 aromatic heterocycles. The molecule has 1 fully saturated rings. The second-order valence-electron chi connectivity index (χ2n) is 5.42. The first-order valence-electron chi connectivity index (χ1n) is 6.01. The molecule has 0 amide bonds. The van der Waals surface area contributed by atoms with E-state index in [4.69, 9.17) is 5.73 Å². The average molecular weight is 298 g/mol. The van der Waals surface area contributed by atoms with Gasteiger partial charge in [-0.1, -0.05) is 0 Å². The first kappa shape index (κ1) is 15.9. The molecule has 108 valence electrons. The Bertz CT molecular complexity index is 468. The fourth-order valence-electron chi connectivity index (χ4n) is 2.06. The van der Waals surface area contributed by atoms with E-state index in [0.717, 1.165) is 0 Å². The highest BCUT2D eigenvalue weighted by atomic mass is 32.2. The van der Waals surface area contributed by atoms with Crippen molar-refractivity contribution in [2.24, 2.45) is 5.73 Å². The van der Waals surface area contributed by atoms with E-state index >= 15 is 0 Å². The molecule has 0 aliphatic carbocycles. The second kappa shape index (κ2) is 5.44. The van der Waals surface area contributed by atoms with Gasteiger partial charge in [-0.15, -0.1) is 0 Å². The minimum Gasteiger partial charge on any atom is -0.330 e. The van der Waals surface area contributed by atoms with Gasteiger partial charge < -0.3 is 5.73 Å². The lowest BCUT2D eigenvalue weighted by atomic mass is 10.0. The van der Waals surface area contributed by atoms with Crippen LogP contribution in [0.5, 0.6) is 0 Å². The Hall–Kier alpha value is -0.180. The number of rotatable bonds is 5. The Morgan fingerprint density at radius 3 is 2.22 bits per heavy atom. The fourth-order valence-corrected chi connectivity index (χ4v) is 5.74. The van der Waals surface area contributed by atoms with Gasteiger partial charge in [0.05, 0.1) is 16.8 Å². The van der Waals surface area contributed by atoms with Crippen molar-refractivity contribution in [2.45, 2.75) is 43.9 Å². The van der Waals surface area contributed by atoms with E-state index in [0.29, 0.717) is 13.0 Å². The van der Waals surface area contributed by atoms with Gasteiger partial charge in [-0.3, -0.25) is 0 Å². The van der Waals surface area contributed by atoms with Gasteiger partial charge in [0.15, 0.2) is 0 Å². The molecule has 0 saturated carbocycles. The zero-order valence-electron chi connectivity index (χ0n) is 10.8. The van der Waals surface area contributed by atoms with E-state index in [1.807, 2.05) is 0 Å². The molecule has 1 aliphatic rings. The molecule has 1 heterocycles. The summed E-state index contributed by atoms with van der Waals surface area (Å²) in [5.74, 6) is -0.0915. The second-order valence-corrected chi connectivity index (χ2v) is 9.69. The van der Waals surface area contributed by atoms with Crippen LogP contribution in [0.1, 0.15) is 33.1 Å². The quantitative estimate of drug-likeness (QED) is 0.719. The van der Waals surface area contributed by atoms with Crippen LogP contribution in [-0.4, -0.2) is 45.7 Å². The summed E-state index contributed by atoms with van der Waals surface area (Å²) in [4.78, 5) is 0. The van der Waals surface area contributed by atoms with Gasteiger partial charge in [0.25, 0.3) is 0 Å². The van der Waals surface area contributed by atoms with Crippen molar-refractivity contribution in [2.75, 3.05) is 18.1 Å². The molecule has 1 aliphatic heterocycles. The SMILES string of the molecule is CC(C)(CCN)NS(=O)(=O)C1CCS(=O)(=O)CC1. The summed E-state index contributed by atoms with van der Waals surface area (Å²) in [5.41, 5.74) is 4.84. The van der Waals surface area contributed by atoms with Gasteiger partial charge in [-0.2, -0.15) is 0 Å². The van der Waals surface area contributed by atoms with Gasteiger partial charge in [0.1, 0.15) is 9.84 Å². The number of hydrogen-bond donors (Lipinski definition) is 2. The van der Waals surface area contributed by atoms with Crippen molar-refractivity contribution in [3.63, 3.8) is 0 Å². The Morgan fingerprint density at radius 2 is 1.78 bits per heavy atom. The lowest BCUT2D eigenvalue weighted by molar-refractivity contribution is 0.422. The molecule has 0 unspecified atom stereocenters. The lowest BCUT2D eigenvalue weighted by Crippen LogP contribution is -2.49. The summed E-state index contributed by atoms with van der Waals surface area (Å²) < 4.78 is 49.5. The summed E-state index contributed by atoms with van der Waals surface area (Å²) in [6, 6.07) is 0. The number of sulfonamides is 1. The Labute approximate surface area is 109 Å². The summed E-state index contributed by atoms with van der Waals surface area (Å²) in [5, 5.41) is -0.613. The number of sulfone groups is 1. The third kappa shape index (κ3) is 4.49. The monoisotopic (exact) mass is 298 g/mol. The molecule has 1 rings (SSSR count). The molecule has 3 N–H and O–H groups in total. The van der Waals surface area contributed by atoms with Crippen LogP contribution in [0.3, 0.4) is 0 Å². The van der Waals surface area contributed by atoms with E-state index in [1.165, 1.54) is 0 Å². The molecule has 18 heavy (non-hydrogen) atoms. The third-order valence-corrected chi connectivity index (χ3v) is 7.03. The van der Waals surface area contributed by atoms with Crippen LogP contribution in [0.4, 0.5) is 0 Å². The van der Waals surface area contributed by atoms with Crippen molar-refractivity contribution >= 4 is 19.9 Å². The molecule has 6 nitrogen and oxygen atoms in total. The van der Waals surface area contributed by atoms with Crippen LogP contribution in [0, 0.1) is 0 Å². The van der Waals surface area contributed by atoms with Crippen molar-refractivity contribution in [1.82, 2.24) is 4.72 Å². The summed E-state index contributed by atoms with van der Waals surface area (Å²) in [6.07, 6.45) is 0.893. The van der Waals surface area contributed by atoms with E-state index < -0.39 is 30.6 Å². The van der Waals surface area contributed by atoms with E-state index in [2.05, 4.69) is 4.72 Å². The molecule has 0 bridgehead atoms. The fraction of sp³-hybridized carbons (Fsp3) is 1.00. The average Bonchev–Trinajstić information content (AvgIpc) is 2.14. The molecule has 0 spiro atoms. The third-order valence-electron chi connectivity index (χ3n) is 3.13.